The normalized spacial score (nSPS) is 18.0. The summed E-state index contributed by atoms with van der Waals surface area (Å²) < 4.78 is 26.8. The van der Waals surface area contributed by atoms with Gasteiger partial charge in [0.2, 0.25) is 5.91 Å². The number of nitrogens with zero attached hydrogens (tertiary/aromatic N) is 1. The maximum atomic E-state index is 13.8. The van der Waals surface area contributed by atoms with E-state index in [0.29, 0.717) is 18.1 Å². The van der Waals surface area contributed by atoms with Crippen LogP contribution in [0.15, 0.2) is 42.5 Å². The van der Waals surface area contributed by atoms with Crippen LogP contribution in [-0.2, 0) is 11.2 Å². The highest BCUT2D eigenvalue weighted by atomic mass is 35.5. The molecule has 1 fully saturated rings. The van der Waals surface area contributed by atoms with Crippen molar-refractivity contribution in [1.29, 1.82) is 0 Å². The quantitative estimate of drug-likeness (QED) is 0.755. The lowest BCUT2D eigenvalue weighted by Crippen LogP contribution is -2.35. The molecule has 1 heterocycles. The van der Waals surface area contributed by atoms with Gasteiger partial charge in [0.25, 0.3) is 0 Å². The lowest BCUT2D eigenvalue weighted by molar-refractivity contribution is -0.130. The molecule has 1 aliphatic heterocycles. The van der Waals surface area contributed by atoms with Gasteiger partial charge in [-0.25, -0.2) is 8.78 Å². The van der Waals surface area contributed by atoms with Gasteiger partial charge in [-0.2, -0.15) is 0 Å². The molecular formula is C20H20ClF2NO. The van der Waals surface area contributed by atoms with E-state index < -0.39 is 11.6 Å². The fourth-order valence-corrected chi connectivity index (χ4v) is 3.44. The van der Waals surface area contributed by atoms with E-state index in [1.807, 2.05) is 24.3 Å². The standard InChI is InChI=1S/C20H20ClF2NO/c21-17-7-4-14(5-8-17)16-3-1-2-10-24(13-16)20(25)11-15-6-9-18(22)12-19(15)23/h4-9,12,16H,1-3,10-11,13H2. The van der Waals surface area contributed by atoms with Gasteiger partial charge in [-0.3, -0.25) is 4.79 Å². The van der Waals surface area contributed by atoms with Crippen molar-refractivity contribution in [3.8, 4) is 0 Å². The maximum Gasteiger partial charge on any atom is 0.227 e. The van der Waals surface area contributed by atoms with Crippen LogP contribution in [0.1, 0.15) is 36.3 Å². The molecule has 3 rings (SSSR count). The zero-order valence-corrected chi connectivity index (χ0v) is 14.6. The summed E-state index contributed by atoms with van der Waals surface area (Å²) >= 11 is 5.95. The fraction of sp³-hybridized carbons (Fsp3) is 0.350. The molecule has 25 heavy (non-hydrogen) atoms. The molecule has 2 nitrogen and oxygen atoms in total. The summed E-state index contributed by atoms with van der Waals surface area (Å²) in [6, 6.07) is 11.1. The molecule has 0 aliphatic carbocycles. The highest BCUT2D eigenvalue weighted by molar-refractivity contribution is 6.30. The van der Waals surface area contributed by atoms with Gasteiger partial charge < -0.3 is 4.90 Å². The predicted molar refractivity (Wildman–Crippen MR) is 94.7 cm³/mol. The van der Waals surface area contributed by atoms with Gasteiger partial charge in [0.1, 0.15) is 11.6 Å². The molecular weight excluding hydrogens is 344 g/mol. The third-order valence-corrected chi connectivity index (χ3v) is 4.97. The molecule has 1 atom stereocenters. The predicted octanol–water partition coefficient (Wildman–Crippen LogP) is 4.96. The van der Waals surface area contributed by atoms with Crippen molar-refractivity contribution in [2.45, 2.75) is 31.6 Å². The second-order valence-electron chi connectivity index (χ2n) is 6.50. The topological polar surface area (TPSA) is 20.3 Å². The van der Waals surface area contributed by atoms with Gasteiger partial charge >= 0.3 is 0 Å². The molecule has 1 aliphatic rings. The zero-order chi connectivity index (χ0) is 17.8. The molecule has 2 aromatic carbocycles. The van der Waals surface area contributed by atoms with Gasteiger partial charge in [-0.05, 0) is 42.2 Å². The summed E-state index contributed by atoms with van der Waals surface area (Å²) in [4.78, 5) is 14.4. The van der Waals surface area contributed by atoms with Gasteiger partial charge in [-0.15, -0.1) is 0 Å². The van der Waals surface area contributed by atoms with Crippen LogP contribution in [0.5, 0.6) is 0 Å². The van der Waals surface area contributed by atoms with Crippen LogP contribution in [0, 0.1) is 11.6 Å². The third kappa shape index (κ3) is 4.57. The molecule has 0 saturated carbocycles. The van der Waals surface area contributed by atoms with Crippen molar-refractivity contribution >= 4 is 17.5 Å². The second kappa shape index (κ2) is 7.96. The molecule has 1 unspecified atom stereocenters. The van der Waals surface area contributed by atoms with E-state index in [4.69, 9.17) is 11.6 Å². The fourth-order valence-electron chi connectivity index (χ4n) is 3.32. The maximum absolute atomic E-state index is 13.8. The number of hydrogen-bond donors (Lipinski definition) is 0. The highest BCUT2D eigenvalue weighted by Crippen LogP contribution is 2.28. The van der Waals surface area contributed by atoms with Crippen molar-refractivity contribution < 1.29 is 13.6 Å². The number of likely N-dealkylation sites (tertiary alicyclic amines) is 1. The minimum absolute atomic E-state index is 0.0422. The SMILES string of the molecule is O=C(Cc1ccc(F)cc1F)N1CCCCC(c2ccc(Cl)cc2)C1. The smallest absolute Gasteiger partial charge is 0.227 e. The Morgan fingerprint density at radius 1 is 1.12 bits per heavy atom. The molecule has 5 heteroatoms. The van der Waals surface area contributed by atoms with E-state index in [1.165, 1.54) is 12.1 Å². The molecule has 0 bridgehead atoms. The Bertz CT molecular complexity index is 748. The summed E-state index contributed by atoms with van der Waals surface area (Å²) in [6.45, 7) is 1.29. The molecule has 0 spiro atoms. The minimum Gasteiger partial charge on any atom is -0.342 e. The van der Waals surface area contributed by atoms with E-state index in [0.717, 1.165) is 30.9 Å². The monoisotopic (exact) mass is 363 g/mol. The summed E-state index contributed by atoms with van der Waals surface area (Å²) in [6.07, 6.45) is 2.94. The van der Waals surface area contributed by atoms with Crippen molar-refractivity contribution in [3.05, 3.63) is 70.2 Å². The number of benzene rings is 2. The summed E-state index contributed by atoms with van der Waals surface area (Å²) in [7, 11) is 0. The van der Waals surface area contributed by atoms with Crippen LogP contribution < -0.4 is 0 Å². The van der Waals surface area contributed by atoms with E-state index in [-0.39, 0.29) is 23.8 Å². The zero-order valence-electron chi connectivity index (χ0n) is 13.9. The first kappa shape index (κ1) is 17.9. The molecule has 0 radical (unpaired) electrons. The van der Waals surface area contributed by atoms with Gasteiger partial charge in [-0.1, -0.05) is 36.2 Å². The van der Waals surface area contributed by atoms with Crippen LogP contribution >= 0.6 is 11.6 Å². The molecule has 1 saturated heterocycles. The molecule has 0 N–H and O–H groups in total. The minimum atomic E-state index is -0.669. The lowest BCUT2D eigenvalue weighted by Gasteiger charge is -2.25. The van der Waals surface area contributed by atoms with Crippen molar-refractivity contribution in [1.82, 2.24) is 4.90 Å². The number of rotatable bonds is 3. The van der Waals surface area contributed by atoms with E-state index in [2.05, 4.69) is 0 Å². The Balaban J connectivity index is 1.71. The Hall–Kier alpha value is -1.94. The Labute approximate surface area is 151 Å². The van der Waals surface area contributed by atoms with Gasteiger partial charge in [0, 0.05) is 30.1 Å². The molecule has 132 valence electrons. The second-order valence-corrected chi connectivity index (χ2v) is 6.93. The summed E-state index contributed by atoms with van der Waals surface area (Å²) in [5.41, 5.74) is 1.40. The summed E-state index contributed by atoms with van der Waals surface area (Å²) in [5.74, 6) is -1.17. The number of carbonyl (C=O) groups is 1. The number of hydrogen-bond acceptors (Lipinski definition) is 1. The summed E-state index contributed by atoms with van der Waals surface area (Å²) in [5, 5.41) is 0.692. The number of carbonyl (C=O) groups excluding carboxylic acids is 1. The van der Waals surface area contributed by atoms with Gasteiger partial charge in [0.05, 0.1) is 6.42 Å². The number of amides is 1. The largest absolute Gasteiger partial charge is 0.342 e. The average Bonchev–Trinajstić information content (AvgIpc) is 2.84. The van der Waals surface area contributed by atoms with Crippen molar-refractivity contribution in [3.63, 3.8) is 0 Å². The van der Waals surface area contributed by atoms with Gasteiger partial charge in [0.15, 0.2) is 0 Å². The first-order chi connectivity index (χ1) is 12.0. The van der Waals surface area contributed by atoms with Crippen LogP contribution in [0.25, 0.3) is 0 Å². The number of halogens is 3. The first-order valence-electron chi connectivity index (χ1n) is 8.50. The molecule has 0 aromatic heterocycles. The van der Waals surface area contributed by atoms with Crippen molar-refractivity contribution in [2.75, 3.05) is 13.1 Å². The molecule has 2 aromatic rings. The van der Waals surface area contributed by atoms with Crippen LogP contribution in [0.4, 0.5) is 8.78 Å². The third-order valence-electron chi connectivity index (χ3n) is 4.72. The van der Waals surface area contributed by atoms with E-state index >= 15 is 0 Å². The average molecular weight is 364 g/mol. The Kier molecular flexibility index (Phi) is 5.69. The van der Waals surface area contributed by atoms with E-state index in [1.54, 1.807) is 4.90 Å². The Morgan fingerprint density at radius 2 is 1.88 bits per heavy atom. The van der Waals surface area contributed by atoms with Crippen LogP contribution in [0.2, 0.25) is 5.02 Å². The molecule has 1 amide bonds. The van der Waals surface area contributed by atoms with Crippen LogP contribution in [0.3, 0.4) is 0 Å². The van der Waals surface area contributed by atoms with Crippen LogP contribution in [-0.4, -0.2) is 23.9 Å². The lowest BCUT2D eigenvalue weighted by atomic mass is 9.94. The van der Waals surface area contributed by atoms with Crippen molar-refractivity contribution in [2.24, 2.45) is 0 Å². The highest BCUT2D eigenvalue weighted by Gasteiger charge is 2.24. The van der Waals surface area contributed by atoms with E-state index in [9.17, 15) is 13.6 Å². The Morgan fingerprint density at radius 3 is 2.60 bits per heavy atom. The first-order valence-corrected chi connectivity index (χ1v) is 8.88.